The first kappa shape index (κ1) is 14.6. The standard InChI is InChI=1S/C12H13NO6/c1-2-19-12(16)9-4-3-5-10(13(17)18)8(9)6-7-11(14)15/h3-5H,2,6-7H2,1H3,(H,14,15). The molecule has 0 aromatic heterocycles. The van der Waals surface area contributed by atoms with Gasteiger partial charge in [-0.3, -0.25) is 14.9 Å². The van der Waals surface area contributed by atoms with E-state index in [9.17, 15) is 19.7 Å². The number of nitro groups is 1. The van der Waals surface area contributed by atoms with Crippen molar-refractivity contribution in [3.63, 3.8) is 0 Å². The Labute approximate surface area is 109 Å². The lowest BCUT2D eigenvalue weighted by Crippen LogP contribution is -2.11. The fourth-order valence-corrected chi connectivity index (χ4v) is 1.64. The summed E-state index contributed by atoms with van der Waals surface area (Å²) in [6.07, 6.45) is -0.391. The zero-order valence-corrected chi connectivity index (χ0v) is 10.3. The maximum absolute atomic E-state index is 11.7. The second-order valence-corrected chi connectivity index (χ2v) is 3.67. The Kier molecular flexibility index (Phi) is 4.99. The number of nitro benzene ring substituents is 1. The van der Waals surface area contributed by atoms with Gasteiger partial charge < -0.3 is 9.84 Å². The summed E-state index contributed by atoms with van der Waals surface area (Å²) in [6, 6.07) is 4.00. The maximum atomic E-state index is 11.7. The molecule has 0 spiro atoms. The summed E-state index contributed by atoms with van der Waals surface area (Å²) in [5.41, 5.74) is -0.141. The number of hydrogen-bond acceptors (Lipinski definition) is 5. The monoisotopic (exact) mass is 267 g/mol. The van der Waals surface area contributed by atoms with Crippen molar-refractivity contribution in [1.82, 2.24) is 0 Å². The van der Waals surface area contributed by atoms with Crippen LogP contribution < -0.4 is 0 Å². The highest BCUT2D eigenvalue weighted by Gasteiger charge is 2.22. The van der Waals surface area contributed by atoms with Gasteiger partial charge in [-0.25, -0.2) is 4.79 Å². The molecule has 1 aromatic carbocycles. The van der Waals surface area contributed by atoms with Crippen LogP contribution in [-0.4, -0.2) is 28.6 Å². The summed E-state index contributed by atoms with van der Waals surface area (Å²) >= 11 is 0. The highest BCUT2D eigenvalue weighted by Crippen LogP contribution is 2.24. The molecular weight excluding hydrogens is 254 g/mol. The number of carbonyl (C=O) groups excluding carboxylic acids is 1. The van der Waals surface area contributed by atoms with Crippen molar-refractivity contribution in [2.24, 2.45) is 0 Å². The Morgan fingerprint density at radius 2 is 2.11 bits per heavy atom. The van der Waals surface area contributed by atoms with Crippen molar-refractivity contribution in [2.75, 3.05) is 6.61 Å². The highest BCUT2D eigenvalue weighted by molar-refractivity contribution is 5.92. The number of nitrogens with zero attached hydrogens (tertiary/aromatic N) is 1. The lowest BCUT2D eigenvalue weighted by molar-refractivity contribution is -0.385. The number of carboxylic acids is 1. The minimum absolute atomic E-state index is 0.0392. The maximum Gasteiger partial charge on any atom is 0.338 e. The molecular formula is C12H13NO6. The molecule has 0 radical (unpaired) electrons. The molecule has 0 fully saturated rings. The van der Waals surface area contributed by atoms with Crippen LogP contribution in [0, 0.1) is 10.1 Å². The van der Waals surface area contributed by atoms with E-state index in [1.807, 2.05) is 0 Å². The second-order valence-electron chi connectivity index (χ2n) is 3.67. The van der Waals surface area contributed by atoms with E-state index in [4.69, 9.17) is 9.84 Å². The van der Waals surface area contributed by atoms with Gasteiger partial charge in [-0.2, -0.15) is 0 Å². The molecule has 102 valence electrons. The fourth-order valence-electron chi connectivity index (χ4n) is 1.64. The highest BCUT2D eigenvalue weighted by atomic mass is 16.6. The van der Waals surface area contributed by atoms with E-state index in [2.05, 4.69) is 0 Å². The molecule has 1 aromatic rings. The van der Waals surface area contributed by atoms with Gasteiger partial charge in [0.15, 0.2) is 0 Å². The van der Waals surface area contributed by atoms with Gasteiger partial charge >= 0.3 is 11.9 Å². The van der Waals surface area contributed by atoms with E-state index in [-0.39, 0.29) is 36.3 Å². The first-order valence-electron chi connectivity index (χ1n) is 5.62. The molecule has 19 heavy (non-hydrogen) atoms. The van der Waals surface area contributed by atoms with Crippen LogP contribution in [-0.2, 0) is 16.0 Å². The summed E-state index contributed by atoms with van der Waals surface area (Å²) < 4.78 is 4.80. The third-order valence-electron chi connectivity index (χ3n) is 2.43. The van der Waals surface area contributed by atoms with Crippen molar-refractivity contribution in [1.29, 1.82) is 0 Å². The Balaban J connectivity index is 3.21. The van der Waals surface area contributed by atoms with E-state index in [0.717, 1.165) is 0 Å². The summed E-state index contributed by atoms with van der Waals surface area (Å²) in [7, 11) is 0. The van der Waals surface area contributed by atoms with Crippen LogP contribution in [0.15, 0.2) is 18.2 Å². The van der Waals surface area contributed by atoms with Crippen LogP contribution in [0.4, 0.5) is 5.69 Å². The lowest BCUT2D eigenvalue weighted by Gasteiger charge is -2.08. The van der Waals surface area contributed by atoms with Crippen molar-refractivity contribution < 1.29 is 24.4 Å². The van der Waals surface area contributed by atoms with Crippen molar-refractivity contribution >= 4 is 17.6 Å². The van der Waals surface area contributed by atoms with E-state index < -0.39 is 16.9 Å². The van der Waals surface area contributed by atoms with E-state index in [0.29, 0.717) is 0 Å². The number of rotatable bonds is 6. The molecule has 1 rings (SSSR count). The molecule has 0 unspecified atom stereocenters. The molecule has 0 aliphatic rings. The van der Waals surface area contributed by atoms with Crippen LogP contribution in [0.1, 0.15) is 29.3 Å². The minimum Gasteiger partial charge on any atom is -0.481 e. The number of carbonyl (C=O) groups is 2. The average molecular weight is 267 g/mol. The topological polar surface area (TPSA) is 107 Å². The summed E-state index contributed by atoms with van der Waals surface area (Å²) in [4.78, 5) is 32.5. The second kappa shape index (κ2) is 6.48. The zero-order chi connectivity index (χ0) is 14.4. The van der Waals surface area contributed by atoms with Gasteiger partial charge in [-0.1, -0.05) is 6.07 Å². The molecule has 7 nitrogen and oxygen atoms in total. The third-order valence-corrected chi connectivity index (χ3v) is 2.43. The molecule has 0 saturated heterocycles. The average Bonchev–Trinajstić information content (AvgIpc) is 2.35. The van der Waals surface area contributed by atoms with Gasteiger partial charge in [-0.15, -0.1) is 0 Å². The molecule has 0 heterocycles. The number of benzene rings is 1. The molecule has 0 amide bonds. The van der Waals surface area contributed by atoms with Crippen LogP contribution in [0.5, 0.6) is 0 Å². The zero-order valence-electron chi connectivity index (χ0n) is 10.3. The van der Waals surface area contributed by atoms with Crippen molar-refractivity contribution in [2.45, 2.75) is 19.8 Å². The summed E-state index contributed by atoms with van der Waals surface area (Å²) in [6.45, 7) is 1.76. The lowest BCUT2D eigenvalue weighted by atomic mass is 10.0. The fraction of sp³-hybridized carbons (Fsp3) is 0.333. The van der Waals surface area contributed by atoms with Crippen LogP contribution in [0.25, 0.3) is 0 Å². The molecule has 0 bridgehead atoms. The summed E-state index contributed by atoms with van der Waals surface area (Å²) in [5, 5.41) is 19.6. The largest absolute Gasteiger partial charge is 0.481 e. The van der Waals surface area contributed by atoms with Gasteiger partial charge in [0.2, 0.25) is 0 Å². The van der Waals surface area contributed by atoms with Gasteiger partial charge in [-0.05, 0) is 19.4 Å². The SMILES string of the molecule is CCOC(=O)c1cccc([N+](=O)[O-])c1CCC(=O)O. The number of aliphatic carboxylic acids is 1. The van der Waals surface area contributed by atoms with Crippen LogP contribution in [0.3, 0.4) is 0 Å². The predicted octanol–water partition coefficient (Wildman–Crippen LogP) is 1.79. The van der Waals surface area contributed by atoms with Crippen molar-refractivity contribution in [3.8, 4) is 0 Å². The number of ether oxygens (including phenoxy) is 1. The van der Waals surface area contributed by atoms with Crippen LogP contribution in [0.2, 0.25) is 0 Å². The predicted molar refractivity (Wildman–Crippen MR) is 65.0 cm³/mol. The Morgan fingerprint density at radius 3 is 2.63 bits per heavy atom. The van der Waals surface area contributed by atoms with Gasteiger partial charge in [0.1, 0.15) is 0 Å². The molecule has 1 N–H and O–H groups in total. The molecule has 0 aliphatic heterocycles. The van der Waals surface area contributed by atoms with Crippen molar-refractivity contribution in [3.05, 3.63) is 39.4 Å². The van der Waals surface area contributed by atoms with E-state index in [1.54, 1.807) is 6.92 Å². The van der Waals surface area contributed by atoms with Crippen LogP contribution >= 0.6 is 0 Å². The smallest absolute Gasteiger partial charge is 0.338 e. The Hall–Kier alpha value is -2.44. The van der Waals surface area contributed by atoms with Gasteiger partial charge in [0.05, 0.1) is 17.1 Å². The third kappa shape index (κ3) is 3.77. The number of hydrogen-bond donors (Lipinski definition) is 1. The molecule has 7 heteroatoms. The van der Waals surface area contributed by atoms with E-state index >= 15 is 0 Å². The quantitative estimate of drug-likeness (QED) is 0.478. The van der Waals surface area contributed by atoms with E-state index in [1.165, 1.54) is 18.2 Å². The first-order chi connectivity index (χ1) is 8.97. The molecule has 0 atom stereocenters. The van der Waals surface area contributed by atoms with Gasteiger partial charge in [0, 0.05) is 18.1 Å². The molecule has 0 saturated carbocycles. The van der Waals surface area contributed by atoms with Gasteiger partial charge in [0.25, 0.3) is 5.69 Å². The number of carboxylic acid groups (broad SMARTS) is 1. The first-order valence-corrected chi connectivity index (χ1v) is 5.62. The number of esters is 1. The minimum atomic E-state index is -1.09. The summed E-state index contributed by atoms with van der Waals surface area (Å²) in [5.74, 6) is -1.78. The molecule has 0 aliphatic carbocycles. The Morgan fingerprint density at radius 1 is 1.42 bits per heavy atom. The normalized spacial score (nSPS) is 9.95. The Bertz CT molecular complexity index is 511.